The molecule has 0 radical (unpaired) electrons. The maximum absolute atomic E-state index is 12.0. The average molecular weight is 394 g/mol. The summed E-state index contributed by atoms with van der Waals surface area (Å²) in [5.74, 6) is 1.16. The number of hydrogen-bond acceptors (Lipinski definition) is 6. The molecule has 2 aromatic heterocycles. The number of rotatable bonds is 8. The molecule has 26 heavy (non-hydrogen) atoms. The first kappa shape index (κ1) is 18.9. The molecule has 0 aromatic carbocycles. The van der Waals surface area contributed by atoms with E-state index in [1.807, 2.05) is 17.5 Å². The quantitative estimate of drug-likeness (QED) is 0.672. The first-order valence-electron chi connectivity index (χ1n) is 8.74. The predicted octanol–water partition coefficient (Wildman–Crippen LogP) is 3.31. The number of urea groups is 1. The van der Waals surface area contributed by atoms with E-state index in [-0.39, 0.29) is 11.7 Å². The van der Waals surface area contributed by atoms with E-state index >= 15 is 0 Å². The Balaban J connectivity index is 1.53. The highest BCUT2D eigenvalue weighted by atomic mass is 32.2. The Kier molecular flexibility index (Phi) is 6.31. The minimum absolute atomic E-state index is 0.132. The van der Waals surface area contributed by atoms with Crippen LogP contribution < -0.4 is 10.6 Å². The maximum atomic E-state index is 12.0. The van der Waals surface area contributed by atoms with Gasteiger partial charge in [-0.25, -0.2) is 4.79 Å². The fraction of sp³-hybridized carbons (Fsp3) is 0.529. The molecule has 3 amide bonds. The van der Waals surface area contributed by atoms with Crippen molar-refractivity contribution in [1.29, 1.82) is 0 Å². The second-order valence-electron chi connectivity index (χ2n) is 6.66. The van der Waals surface area contributed by atoms with Crippen LogP contribution in [0.15, 0.2) is 22.7 Å². The Morgan fingerprint density at radius 1 is 1.38 bits per heavy atom. The van der Waals surface area contributed by atoms with Gasteiger partial charge in [0.15, 0.2) is 11.0 Å². The molecule has 2 N–H and O–H groups in total. The summed E-state index contributed by atoms with van der Waals surface area (Å²) in [6, 6.07) is 3.98. The molecule has 3 rings (SSSR count). The molecule has 1 saturated carbocycles. The van der Waals surface area contributed by atoms with Gasteiger partial charge in [0.2, 0.25) is 5.91 Å². The molecule has 1 aliphatic rings. The fourth-order valence-corrected chi connectivity index (χ4v) is 3.93. The molecular weight excluding hydrogens is 370 g/mol. The summed E-state index contributed by atoms with van der Waals surface area (Å²) in [6.45, 7) is 4.73. The zero-order valence-corrected chi connectivity index (χ0v) is 16.5. The number of aromatic nitrogens is 3. The highest BCUT2D eigenvalue weighted by Gasteiger charge is 2.30. The highest BCUT2D eigenvalue weighted by Crippen LogP contribution is 2.41. The molecular formula is C17H23N5O2S2. The molecule has 0 unspecified atom stereocenters. The van der Waals surface area contributed by atoms with Crippen molar-refractivity contribution in [2.45, 2.75) is 44.3 Å². The van der Waals surface area contributed by atoms with Gasteiger partial charge in [-0.2, -0.15) is 0 Å². The van der Waals surface area contributed by atoms with Gasteiger partial charge in [0, 0.05) is 12.6 Å². The summed E-state index contributed by atoms with van der Waals surface area (Å²) < 4.78 is 2.12. The topological polar surface area (TPSA) is 88.9 Å². The highest BCUT2D eigenvalue weighted by molar-refractivity contribution is 7.99. The monoisotopic (exact) mass is 393 g/mol. The van der Waals surface area contributed by atoms with Crippen molar-refractivity contribution in [1.82, 2.24) is 25.4 Å². The minimum atomic E-state index is -0.445. The van der Waals surface area contributed by atoms with Gasteiger partial charge in [0.05, 0.1) is 10.6 Å². The molecule has 1 aliphatic carbocycles. The van der Waals surface area contributed by atoms with Gasteiger partial charge in [0.1, 0.15) is 0 Å². The Morgan fingerprint density at radius 3 is 2.85 bits per heavy atom. The van der Waals surface area contributed by atoms with Crippen LogP contribution in [0.3, 0.4) is 0 Å². The van der Waals surface area contributed by atoms with Crippen molar-refractivity contribution in [2.24, 2.45) is 5.92 Å². The summed E-state index contributed by atoms with van der Waals surface area (Å²) in [5, 5.41) is 16.4. The van der Waals surface area contributed by atoms with Crippen LogP contribution in [0, 0.1) is 5.92 Å². The fourth-order valence-electron chi connectivity index (χ4n) is 2.42. The second kappa shape index (κ2) is 8.68. The zero-order valence-electron chi connectivity index (χ0n) is 14.9. The molecule has 1 fully saturated rings. The standard InChI is InChI=1S/C17H23N5O2S2/c1-11(2)7-8-18-16(24)19-14(23)10-26-17-21-20-15(13-4-3-9-25-13)22(17)12-5-6-12/h3-4,9,11-12H,5-8,10H2,1-2H3,(H2,18,19,23,24). The van der Waals surface area contributed by atoms with Gasteiger partial charge >= 0.3 is 6.03 Å². The molecule has 0 saturated heterocycles. The molecule has 0 atom stereocenters. The van der Waals surface area contributed by atoms with Gasteiger partial charge in [-0.15, -0.1) is 21.5 Å². The largest absolute Gasteiger partial charge is 0.338 e. The molecule has 7 nitrogen and oxygen atoms in total. The Labute approximate surface area is 161 Å². The summed E-state index contributed by atoms with van der Waals surface area (Å²) in [4.78, 5) is 24.8. The lowest BCUT2D eigenvalue weighted by Crippen LogP contribution is -2.40. The van der Waals surface area contributed by atoms with Crippen LogP contribution in [0.5, 0.6) is 0 Å². The minimum Gasteiger partial charge on any atom is -0.338 e. The van der Waals surface area contributed by atoms with Gasteiger partial charge in [-0.05, 0) is 36.6 Å². The SMILES string of the molecule is CC(C)CCNC(=O)NC(=O)CSc1nnc(-c2cccs2)n1C1CC1. The van der Waals surface area contributed by atoms with Crippen molar-refractivity contribution in [3.05, 3.63) is 17.5 Å². The molecule has 0 aliphatic heterocycles. The van der Waals surface area contributed by atoms with E-state index in [2.05, 4.69) is 39.2 Å². The Morgan fingerprint density at radius 2 is 2.19 bits per heavy atom. The average Bonchev–Trinajstić information content (AvgIpc) is 3.11. The lowest BCUT2D eigenvalue weighted by atomic mass is 10.1. The second-order valence-corrected chi connectivity index (χ2v) is 8.55. The summed E-state index contributed by atoms with van der Waals surface area (Å²) in [5.41, 5.74) is 0. The van der Waals surface area contributed by atoms with Crippen LogP contribution in [0.25, 0.3) is 10.7 Å². The predicted molar refractivity (Wildman–Crippen MR) is 103 cm³/mol. The number of nitrogens with one attached hydrogen (secondary N) is 2. The third-order valence-electron chi connectivity index (χ3n) is 3.91. The number of imide groups is 1. The molecule has 140 valence electrons. The maximum Gasteiger partial charge on any atom is 0.321 e. The number of thioether (sulfide) groups is 1. The van der Waals surface area contributed by atoms with E-state index in [1.54, 1.807) is 11.3 Å². The van der Waals surface area contributed by atoms with Crippen LogP contribution in [-0.4, -0.2) is 39.0 Å². The first-order chi connectivity index (χ1) is 12.5. The molecule has 0 spiro atoms. The van der Waals surface area contributed by atoms with Crippen LogP contribution in [-0.2, 0) is 4.79 Å². The number of hydrogen-bond donors (Lipinski definition) is 2. The van der Waals surface area contributed by atoms with Crippen molar-refractivity contribution < 1.29 is 9.59 Å². The molecule has 0 bridgehead atoms. The van der Waals surface area contributed by atoms with E-state index in [1.165, 1.54) is 11.8 Å². The van der Waals surface area contributed by atoms with Gasteiger partial charge in [-0.3, -0.25) is 14.7 Å². The smallest absolute Gasteiger partial charge is 0.321 e. The molecule has 2 heterocycles. The first-order valence-corrected chi connectivity index (χ1v) is 10.6. The third kappa shape index (κ3) is 5.07. The number of nitrogens with zero attached hydrogens (tertiary/aromatic N) is 3. The Bertz CT molecular complexity index is 753. The van der Waals surface area contributed by atoms with Crippen LogP contribution in [0.4, 0.5) is 4.79 Å². The molecule has 2 aromatic rings. The van der Waals surface area contributed by atoms with E-state index in [9.17, 15) is 9.59 Å². The van der Waals surface area contributed by atoms with Crippen molar-refractivity contribution >= 4 is 35.0 Å². The third-order valence-corrected chi connectivity index (χ3v) is 5.72. The number of carbonyl (C=O) groups excluding carboxylic acids is 2. The van der Waals surface area contributed by atoms with E-state index in [0.717, 1.165) is 35.1 Å². The van der Waals surface area contributed by atoms with Crippen LogP contribution >= 0.6 is 23.1 Å². The van der Waals surface area contributed by atoms with Crippen molar-refractivity contribution in [3.63, 3.8) is 0 Å². The van der Waals surface area contributed by atoms with E-state index < -0.39 is 6.03 Å². The lowest BCUT2D eigenvalue weighted by Gasteiger charge is -2.09. The summed E-state index contributed by atoms with van der Waals surface area (Å²) in [6.07, 6.45) is 3.09. The number of thiophene rings is 1. The molecule has 9 heteroatoms. The van der Waals surface area contributed by atoms with Crippen LogP contribution in [0.1, 0.15) is 39.2 Å². The van der Waals surface area contributed by atoms with Gasteiger partial charge in [0.25, 0.3) is 0 Å². The summed E-state index contributed by atoms with van der Waals surface area (Å²) in [7, 11) is 0. The Hall–Kier alpha value is -1.87. The van der Waals surface area contributed by atoms with Crippen LogP contribution in [0.2, 0.25) is 0 Å². The van der Waals surface area contributed by atoms with E-state index in [4.69, 9.17) is 0 Å². The van der Waals surface area contributed by atoms with E-state index in [0.29, 0.717) is 18.5 Å². The zero-order chi connectivity index (χ0) is 18.5. The summed E-state index contributed by atoms with van der Waals surface area (Å²) >= 11 is 2.94. The van der Waals surface area contributed by atoms with Crippen molar-refractivity contribution in [2.75, 3.05) is 12.3 Å². The number of carbonyl (C=O) groups is 2. The lowest BCUT2D eigenvalue weighted by molar-refractivity contribution is -0.117. The van der Waals surface area contributed by atoms with Gasteiger partial charge < -0.3 is 5.32 Å². The normalized spacial score (nSPS) is 13.8. The van der Waals surface area contributed by atoms with Gasteiger partial charge in [-0.1, -0.05) is 31.7 Å². The van der Waals surface area contributed by atoms with Crippen molar-refractivity contribution in [3.8, 4) is 10.7 Å². The number of amides is 3.